The Morgan fingerprint density at radius 2 is 1.24 bits per heavy atom. The standard InChI is InChI=1S/C19H39NO/c1-3-5-7-8-9-10-11-12-13-14-16-19(15-6-4-2)17-21-18-20-19/h20H,3-18H2,1-2H3. The van der Waals surface area contributed by atoms with Gasteiger partial charge in [0, 0.05) is 5.54 Å². The number of hydrogen-bond donors (Lipinski definition) is 1. The third-order valence-electron chi connectivity index (χ3n) is 4.95. The van der Waals surface area contributed by atoms with Gasteiger partial charge in [-0.15, -0.1) is 0 Å². The van der Waals surface area contributed by atoms with Crippen LogP contribution < -0.4 is 5.32 Å². The van der Waals surface area contributed by atoms with E-state index in [0.29, 0.717) is 5.54 Å². The van der Waals surface area contributed by atoms with Crippen molar-refractivity contribution in [2.45, 2.75) is 109 Å². The monoisotopic (exact) mass is 297 g/mol. The van der Waals surface area contributed by atoms with Crippen molar-refractivity contribution in [1.29, 1.82) is 0 Å². The van der Waals surface area contributed by atoms with Crippen LogP contribution in [0.4, 0.5) is 0 Å². The molecule has 0 bridgehead atoms. The molecular formula is C19H39NO. The van der Waals surface area contributed by atoms with Gasteiger partial charge < -0.3 is 4.74 Å². The van der Waals surface area contributed by atoms with Crippen molar-refractivity contribution in [3.8, 4) is 0 Å². The second-order valence-corrected chi connectivity index (χ2v) is 6.99. The highest BCUT2D eigenvalue weighted by atomic mass is 16.5. The summed E-state index contributed by atoms with van der Waals surface area (Å²) >= 11 is 0. The second-order valence-electron chi connectivity index (χ2n) is 6.99. The van der Waals surface area contributed by atoms with Crippen molar-refractivity contribution >= 4 is 0 Å². The molecule has 0 aromatic heterocycles. The summed E-state index contributed by atoms with van der Waals surface area (Å²) in [7, 11) is 0. The van der Waals surface area contributed by atoms with Crippen molar-refractivity contribution in [3.05, 3.63) is 0 Å². The van der Waals surface area contributed by atoms with Gasteiger partial charge in [0.05, 0.1) is 13.3 Å². The fourth-order valence-corrected chi connectivity index (χ4v) is 3.41. The van der Waals surface area contributed by atoms with Crippen molar-refractivity contribution in [3.63, 3.8) is 0 Å². The molecule has 1 heterocycles. The zero-order chi connectivity index (χ0) is 15.2. The summed E-state index contributed by atoms with van der Waals surface area (Å²) in [5.74, 6) is 0. The van der Waals surface area contributed by atoms with Crippen molar-refractivity contribution in [2.75, 3.05) is 13.3 Å². The molecule has 21 heavy (non-hydrogen) atoms. The van der Waals surface area contributed by atoms with Crippen LogP contribution in [0.1, 0.15) is 104 Å². The van der Waals surface area contributed by atoms with Gasteiger partial charge in [0.25, 0.3) is 0 Å². The fourth-order valence-electron chi connectivity index (χ4n) is 3.41. The quantitative estimate of drug-likeness (QED) is 0.409. The van der Waals surface area contributed by atoms with Crippen molar-refractivity contribution < 1.29 is 4.74 Å². The minimum absolute atomic E-state index is 0.316. The van der Waals surface area contributed by atoms with E-state index in [-0.39, 0.29) is 0 Å². The van der Waals surface area contributed by atoms with Crippen molar-refractivity contribution in [1.82, 2.24) is 5.32 Å². The van der Waals surface area contributed by atoms with Crippen LogP contribution in [0.5, 0.6) is 0 Å². The lowest BCUT2D eigenvalue weighted by Gasteiger charge is -2.27. The molecule has 1 aliphatic heterocycles. The first-order chi connectivity index (χ1) is 10.3. The van der Waals surface area contributed by atoms with Gasteiger partial charge in [-0.05, 0) is 12.8 Å². The lowest BCUT2D eigenvalue weighted by Crippen LogP contribution is -2.42. The minimum atomic E-state index is 0.316. The van der Waals surface area contributed by atoms with E-state index in [9.17, 15) is 0 Å². The maximum absolute atomic E-state index is 5.59. The molecule has 1 N–H and O–H groups in total. The molecule has 0 aromatic rings. The number of ether oxygens (including phenoxy) is 1. The first-order valence-electron chi connectivity index (χ1n) is 9.66. The van der Waals surface area contributed by atoms with Crippen LogP contribution in [0.15, 0.2) is 0 Å². The van der Waals surface area contributed by atoms with Crippen LogP contribution in [-0.4, -0.2) is 18.9 Å². The topological polar surface area (TPSA) is 21.3 Å². The Morgan fingerprint density at radius 3 is 1.76 bits per heavy atom. The summed E-state index contributed by atoms with van der Waals surface area (Å²) in [4.78, 5) is 0. The van der Waals surface area contributed by atoms with Crippen LogP contribution in [0.25, 0.3) is 0 Å². The van der Waals surface area contributed by atoms with E-state index in [0.717, 1.165) is 13.3 Å². The molecule has 1 aliphatic rings. The van der Waals surface area contributed by atoms with Gasteiger partial charge in [0.2, 0.25) is 0 Å². The molecule has 0 aliphatic carbocycles. The summed E-state index contributed by atoms with van der Waals surface area (Å²) in [5.41, 5.74) is 0.316. The van der Waals surface area contributed by atoms with Crippen LogP contribution >= 0.6 is 0 Å². The molecule has 0 spiro atoms. The van der Waals surface area contributed by atoms with Crippen LogP contribution in [-0.2, 0) is 4.74 Å². The third kappa shape index (κ3) is 8.83. The van der Waals surface area contributed by atoms with Gasteiger partial charge in [-0.3, -0.25) is 5.32 Å². The normalized spacial score (nSPS) is 22.0. The van der Waals surface area contributed by atoms with Gasteiger partial charge in [-0.2, -0.15) is 0 Å². The number of rotatable bonds is 14. The van der Waals surface area contributed by atoms with E-state index in [2.05, 4.69) is 19.2 Å². The highest BCUT2D eigenvalue weighted by Gasteiger charge is 2.32. The Labute approximate surface area is 133 Å². The summed E-state index contributed by atoms with van der Waals surface area (Å²) in [6.45, 7) is 6.27. The molecule has 2 heteroatoms. The molecule has 1 atom stereocenters. The second kappa shape index (κ2) is 12.5. The third-order valence-corrected chi connectivity index (χ3v) is 4.95. The smallest absolute Gasteiger partial charge is 0.0971 e. The minimum Gasteiger partial charge on any atom is -0.364 e. The SMILES string of the molecule is CCCCCCCCCCCCC1(CCCC)COCN1. The highest BCUT2D eigenvalue weighted by Crippen LogP contribution is 2.26. The van der Waals surface area contributed by atoms with E-state index < -0.39 is 0 Å². The summed E-state index contributed by atoms with van der Waals surface area (Å²) in [5, 5.41) is 3.61. The summed E-state index contributed by atoms with van der Waals surface area (Å²) in [6.07, 6.45) is 19.5. The van der Waals surface area contributed by atoms with E-state index >= 15 is 0 Å². The molecule has 126 valence electrons. The van der Waals surface area contributed by atoms with E-state index in [1.807, 2.05) is 0 Å². The molecule has 0 saturated carbocycles. The predicted octanol–water partition coefficient (Wildman–Crippen LogP) is 5.80. The van der Waals surface area contributed by atoms with Crippen molar-refractivity contribution in [2.24, 2.45) is 0 Å². The molecule has 0 radical (unpaired) electrons. The van der Waals surface area contributed by atoms with Crippen LogP contribution in [0, 0.1) is 0 Å². The Morgan fingerprint density at radius 1 is 0.714 bits per heavy atom. The zero-order valence-corrected chi connectivity index (χ0v) is 14.7. The van der Waals surface area contributed by atoms with E-state index in [4.69, 9.17) is 4.74 Å². The molecule has 1 rings (SSSR count). The summed E-state index contributed by atoms with van der Waals surface area (Å²) < 4.78 is 5.59. The first-order valence-corrected chi connectivity index (χ1v) is 9.66. The maximum Gasteiger partial charge on any atom is 0.0971 e. The summed E-state index contributed by atoms with van der Waals surface area (Å²) in [6, 6.07) is 0. The molecule has 0 amide bonds. The van der Waals surface area contributed by atoms with E-state index in [1.54, 1.807) is 0 Å². The van der Waals surface area contributed by atoms with Gasteiger partial charge in [-0.1, -0.05) is 90.9 Å². The lowest BCUT2D eigenvalue weighted by molar-refractivity contribution is 0.169. The molecule has 1 unspecified atom stereocenters. The molecular weight excluding hydrogens is 258 g/mol. The Kier molecular flexibility index (Phi) is 11.3. The highest BCUT2D eigenvalue weighted by molar-refractivity contribution is 4.90. The largest absolute Gasteiger partial charge is 0.364 e. The Hall–Kier alpha value is -0.0800. The molecule has 1 fully saturated rings. The predicted molar refractivity (Wildman–Crippen MR) is 92.7 cm³/mol. The van der Waals surface area contributed by atoms with Gasteiger partial charge in [0.1, 0.15) is 0 Å². The van der Waals surface area contributed by atoms with Gasteiger partial charge in [0.15, 0.2) is 0 Å². The molecule has 0 aromatic carbocycles. The fraction of sp³-hybridized carbons (Fsp3) is 1.00. The first kappa shape index (κ1) is 19.0. The zero-order valence-electron chi connectivity index (χ0n) is 14.7. The molecule has 1 saturated heterocycles. The Balaban J connectivity index is 1.94. The van der Waals surface area contributed by atoms with E-state index in [1.165, 1.54) is 89.9 Å². The average molecular weight is 298 g/mol. The Bertz CT molecular complexity index is 224. The number of hydrogen-bond acceptors (Lipinski definition) is 2. The number of unbranched alkanes of at least 4 members (excludes halogenated alkanes) is 10. The molecule has 2 nitrogen and oxygen atoms in total. The van der Waals surface area contributed by atoms with Gasteiger partial charge >= 0.3 is 0 Å². The maximum atomic E-state index is 5.59. The lowest BCUT2D eigenvalue weighted by atomic mass is 9.88. The average Bonchev–Trinajstić information content (AvgIpc) is 2.96. The number of nitrogens with one attached hydrogen (secondary N) is 1. The van der Waals surface area contributed by atoms with Crippen LogP contribution in [0.3, 0.4) is 0 Å². The van der Waals surface area contributed by atoms with Crippen LogP contribution in [0.2, 0.25) is 0 Å². The van der Waals surface area contributed by atoms with Gasteiger partial charge in [-0.25, -0.2) is 0 Å².